The molecule has 2 aromatic carbocycles. The van der Waals surface area contributed by atoms with Gasteiger partial charge in [0.05, 0.1) is 38.4 Å². The van der Waals surface area contributed by atoms with Crippen molar-refractivity contribution in [2.24, 2.45) is 0 Å². The van der Waals surface area contributed by atoms with Gasteiger partial charge in [0.25, 0.3) is 0 Å². The molecular formula is C23H22N2O7. The molecule has 0 radical (unpaired) electrons. The highest BCUT2D eigenvalue weighted by atomic mass is 16.5. The van der Waals surface area contributed by atoms with Crippen LogP contribution < -0.4 is 19.5 Å². The van der Waals surface area contributed by atoms with E-state index in [4.69, 9.17) is 14.2 Å². The van der Waals surface area contributed by atoms with E-state index in [0.29, 0.717) is 34.2 Å². The number of ether oxygens (including phenoxy) is 3. The number of aromatic hydroxyl groups is 1. The van der Waals surface area contributed by atoms with E-state index in [-0.39, 0.29) is 29.3 Å². The summed E-state index contributed by atoms with van der Waals surface area (Å²) in [5, 5.41) is 22.8. The Labute approximate surface area is 183 Å². The Morgan fingerprint density at radius 1 is 1.06 bits per heavy atom. The van der Waals surface area contributed by atoms with Crippen LogP contribution in [0.2, 0.25) is 0 Å². The average molecular weight is 438 g/mol. The van der Waals surface area contributed by atoms with E-state index in [1.54, 1.807) is 34.9 Å². The number of aromatic nitrogens is 1. The Morgan fingerprint density at radius 2 is 1.78 bits per heavy atom. The minimum absolute atomic E-state index is 0.0549. The highest BCUT2D eigenvalue weighted by Crippen LogP contribution is 2.44. The molecule has 4 rings (SSSR count). The summed E-state index contributed by atoms with van der Waals surface area (Å²) in [6.45, 7) is 0. The van der Waals surface area contributed by atoms with Crippen molar-refractivity contribution in [1.29, 1.82) is 0 Å². The number of carboxylic acids is 1. The van der Waals surface area contributed by atoms with Crippen LogP contribution in [0.3, 0.4) is 0 Å². The molecule has 1 aromatic heterocycles. The maximum atomic E-state index is 12.5. The highest BCUT2D eigenvalue weighted by Gasteiger charge is 2.35. The van der Waals surface area contributed by atoms with E-state index in [9.17, 15) is 19.8 Å². The maximum Gasteiger partial charge on any atom is 0.339 e. The lowest BCUT2D eigenvalue weighted by Gasteiger charge is -2.27. The maximum absolute atomic E-state index is 12.5. The molecule has 1 amide bonds. The van der Waals surface area contributed by atoms with E-state index < -0.39 is 11.9 Å². The molecule has 0 spiro atoms. The molecule has 9 heteroatoms. The zero-order chi connectivity index (χ0) is 23.0. The number of carboxylic acid groups (broad SMARTS) is 1. The van der Waals surface area contributed by atoms with Crippen molar-refractivity contribution < 1.29 is 34.0 Å². The predicted octanol–water partition coefficient (Wildman–Crippen LogP) is 3.38. The molecule has 166 valence electrons. The number of fused-ring (bicyclic) bond motifs is 1. The van der Waals surface area contributed by atoms with Crippen molar-refractivity contribution in [3.8, 4) is 28.7 Å². The van der Waals surface area contributed by atoms with Gasteiger partial charge in [-0.1, -0.05) is 6.07 Å². The third kappa shape index (κ3) is 3.47. The van der Waals surface area contributed by atoms with Crippen molar-refractivity contribution in [2.75, 3.05) is 26.6 Å². The number of anilines is 1. The normalized spacial score (nSPS) is 15.0. The van der Waals surface area contributed by atoms with Crippen LogP contribution in [0, 0.1) is 0 Å². The molecule has 32 heavy (non-hydrogen) atoms. The number of phenols is 1. The third-order valence-corrected chi connectivity index (χ3v) is 5.51. The molecule has 0 bridgehead atoms. The van der Waals surface area contributed by atoms with Crippen LogP contribution in [0.4, 0.5) is 5.69 Å². The summed E-state index contributed by atoms with van der Waals surface area (Å²) in [4.78, 5) is 24.5. The van der Waals surface area contributed by atoms with Crippen LogP contribution in [0.1, 0.15) is 34.0 Å². The predicted molar refractivity (Wildman–Crippen MR) is 116 cm³/mol. The van der Waals surface area contributed by atoms with Gasteiger partial charge < -0.3 is 34.3 Å². The summed E-state index contributed by atoms with van der Waals surface area (Å²) in [5.74, 6) is -0.763. The summed E-state index contributed by atoms with van der Waals surface area (Å²) in [7, 11) is 4.49. The van der Waals surface area contributed by atoms with Gasteiger partial charge in [-0.05, 0) is 29.8 Å². The van der Waals surface area contributed by atoms with Gasteiger partial charge in [-0.2, -0.15) is 0 Å². The van der Waals surface area contributed by atoms with Gasteiger partial charge in [-0.15, -0.1) is 0 Å². The van der Waals surface area contributed by atoms with Crippen molar-refractivity contribution in [3.63, 3.8) is 0 Å². The fourth-order valence-corrected chi connectivity index (χ4v) is 4.01. The number of rotatable bonds is 6. The lowest BCUT2D eigenvalue weighted by molar-refractivity contribution is -0.116. The molecule has 3 aromatic rings. The fraction of sp³-hybridized carbons (Fsp3) is 0.217. The summed E-state index contributed by atoms with van der Waals surface area (Å²) in [6.07, 6.45) is 1.51. The first-order valence-electron chi connectivity index (χ1n) is 9.75. The van der Waals surface area contributed by atoms with Crippen molar-refractivity contribution in [3.05, 3.63) is 59.4 Å². The minimum atomic E-state index is -1.18. The van der Waals surface area contributed by atoms with Crippen LogP contribution in [-0.4, -0.2) is 48.0 Å². The number of nitrogens with zero attached hydrogens (tertiary/aromatic N) is 1. The molecule has 0 aliphatic carbocycles. The molecule has 0 saturated heterocycles. The van der Waals surface area contributed by atoms with Gasteiger partial charge >= 0.3 is 5.97 Å². The Morgan fingerprint density at radius 3 is 2.41 bits per heavy atom. The summed E-state index contributed by atoms with van der Waals surface area (Å²) >= 11 is 0. The number of carbonyl (C=O) groups is 2. The number of benzene rings is 2. The molecule has 0 saturated carbocycles. The van der Waals surface area contributed by atoms with Crippen LogP contribution in [0.5, 0.6) is 23.0 Å². The second-order valence-electron chi connectivity index (χ2n) is 7.25. The monoisotopic (exact) mass is 438 g/mol. The van der Waals surface area contributed by atoms with E-state index >= 15 is 0 Å². The number of hydrogen-bond donors (Lipinski definition) is 3. The zero-order valence-electron chi connectivity index (χ0n) is 17.7. The first-order valence-corrected chi connectivity index (χ1v) is 9.75. The van der Waals surface area contributed by atoms with E-state index in [2.05, 4.69) is 5.32 Å². The SMILES string of the molecule is COc1ccc(OC)c(-n2cc(C(=O)O)c3c2[C@@H](c2ccc(OC)c(O)c2)CC(=O)N3)c1. The lowest BCUT2D eigenvalue weighted by Crippen LogP contribution is -2.25. The van der Waals surface area contributed by atoms with Gasteiger partial charge in [-0.25, -0.2) is 4.79 Å². The van der Waals surface area contributed by atoms with Crippen LogP contribution in [-0.2, 0) is 4.79 Å². The number of carbonyl (C=O) groups excluding carboxylic acids is 1. The number of nitrogens with one attached hydrogen (secondary N) is 1. The minimum Gasteiger partial charge on any atom is -0.504 e. The van der Waals surface area contributed by atoms with Gasteiger partial charge in [0.2, 0.25) is 5.91 Å². The fourth-order valence-electron chi connectivity index (χ4n) is 4.01. The zero-order valence-corrected chi connectivity index (χ0v) is 17.7. The van der Waals surface area contributed by atoms with Crippen LogP contribution in [0.25, 0.3) is 5.69 Å². The van der Waals surface area contributed by atoms with Gasteiger partial charge in [0, 0.05) is 24.6 Å². The molecule has 9 nitrogen and oxygen atoms in total. The summed E-state index contributed by atoms with van der Waals surface area (Å²) < 4.78 is 17.7. The standard InChI is InChI=1S/C23H22N2O7/c1-30-13-5-7-18(31-2)16(9-13)25-11-15(23(28)29)21-22(25)14(10-20(27)24-21)12-4-6-19(32-3)17(26)8-12/h4-9,11,14,26H,10H2,1-3H3,(H,24,27)(H,28,29)/t14-/m1/s1. The largest absolute Gasteiger partial charge is 0.504 e. The summed E-state index contributed by atoms with van der Waals surface area (Å²) in [6, 6.07) is 10.0. The van der Waals surface area contributed by atoms with Gasteiger partial charge in [0.1, 0.15) is 17.1 Å². The van der Waals surface area contributed by atoms with Crippen LogP contribution >= 0.6 is 0 Å². The topological polar surface area (TPSA) is 119 Å². The number of hydrogen-bond acceptors (Lipinski definition) is 6. The number of aromatic carboxylic acids is 1. The smallest absolute Gasteiger partial charge is 0.339 e. The van der Waals surface area contributed by atoms with E-state index in [1.165, 1.54) is 33.6 Å². The first-order chi connectivity index (χ1) is 15.4. The second kappa shape index (κ2) is 8.18. The molecule has 0 fully saturated rings. The molecule has 3 N–H and O–H groups in total. The molecule has 0 unspecified atom stereocenters. The van der Waals surface area contributed by atoms with Crippen LogP contribution in [0.15, 0.2) is 42.6 Å². The Kier molecular flexibility index (Phi) is 5.40. The number of phenolic OH excluding ortho intramolecular Hbond substituents is 1. The second-order valence-corrected chi connectivity index (χ2v) is 7.25. The van der Waals surface area contributed by atoms with Crippen molar-refractivity contribution in [1.82, 2.24) is 4.57 Å². The molecule has 1 aliphatic heterocycles. The summed E-state index contributed by atoms with van der Waals surface area (Å²) in [5.41, 5.74) is 1.89. The molecular weight excluding hydrogens is 416 g/mol. The highest BCUT2D eigenvalue weighted by molar-refractivity contribution is 6.04. The Hall–Kier alpha value is -4.14. The average Bonchev–Trinajstić information content (AvgIpc) is 3.17. The first kappa shape index (κ1) is 21.1. The lowest BCUT2D eigenvalue weighted by atomic mass is 9.88. The molecule has 2 heterocycles. The van der Waals surface area contributed by atoms with E-state index in [1.807, 2.05) is 0 Å². The number of methoxy groups -OCH3 is 3. The molecule has 1 aliphatic rings. The third-order valence-electron chi connectivity index (χ3n) is 5.51. The van der Waals surface area contributed by atoms with Gasteiger partial charge in [0.15, 0.2) is 11.5 Å². The van der Waals surface area contributed by atoms with Gasteiger partial charge in [-0.3, -0.25) is 4.79 Å². The van der Waals surface area contributed by atoms with E-state index in [0.717, 1.165) is 0 Å². The molecule has 1 atom stereocenters. The Bertz CT molecular complexity index is 1220. The Balaban J connectivity index is 1.99. The quantitative estimate of drug-likeness (QED) is 0.540. The van der Waals surface area contributed by atoms with Crippen molar-refractivity contribution in [2.45, 2.75) is 12.3 Å². The number of amides is 1. The van der Waals surface area contributed by atoms with Crippen molar-refractivity contribution >= 4 is 17.6 Å².